The molecule has 22 heavy (non-hydrogen) atoms. The molecule has 2 aromatic rings. The molecule has 2 heteroatoms. The first kappa shape index (κ1) is 16.7. The van der Waals surface area contributed by atoms with Gasteiger partial charge in [-0.15, -0.1) is 0 Å². The molecule has 2 aromatic carbocycles. The average molecular weight is 297 g/mol. The minimum absolute atomic E-state index is 0.0804. The van der Waals surface area contributed by atoms with Gasteiger partial charge in [-0.05, 0) is 53.4 Å². The summed E-state index contributed by atoms with van der Waals surface area (Å²) in [6.07, 6.45) is 0. The Kier molecular flexibility index (Phi) is 5.05. The number of hydrogen-bond acceptors (Lipinski definition) is 2. The summed E-state index contributed by atoms with van der Waals surface area (Å²) in [6, 6.07) is 15.1. The highest BCUT2D eigenvalue weighted by molar-refractivity contribution is 5.65. The van der Waals surface area contributed by atoms with Gasteiger partial charge in [-0.25, -0.2) is 0 Å². The van der Waals surface area contributed by atoms with Gasteiger partial charge in [-0.1, -0.05) is 57.2 Å². The topological polar surface area (TPSA) is 23.5 Å². The Labute approximate surface area is 134 Å². The molecule has 118 valence electrons. The van der Waals surface area contributed by atoms with Crippen LogP contribution in [0.2, 0.25) is 0 Å². The Morgan fingerprint density at radius 2 is 1.45 bits per heavy atom. The Hall–Kier alpha value is -1.64. The minimum Gasteiger partial charge on any atom is -0.392 e. The fourth-order valence-electron chi connectivity index (χ4n) is 2.61. The molecule has 0 aliphatic heterocycles. The second kappa shape index (κ2) is 6.64. The molecule has 0 atom stereocenters. The van der Waals surface area contributed by atoms with Crippen LogP contribution < -0.4 is 0 Å². The van der Waals surface area contributed by atoms with Crippen molar-refractivity contribution in [2.24, 2.45) is 0 Å². The largest absolute Gasteiger partial charge is 0.392 e. The molecule has 0 spiro atoms. The minimum atomic E-state index is 0.0804. The van der Waals surface area contributed by atoms with Crippen LogP contribution in [0.15, 0.2) is 42.5 Å². The summed E-state index contributed by atoms with van der Waals surface area (Å²) >= 11 is 0. The van der Waals surface area contributed by atoms with Crippen molar-refractivity contribution >= 4 is 0 Å². The summed E-state index contributed by atoms with van der Waals surface area (Å²) in [6.45, 7) is 7.60. The van der Waals surface area contributed by atoms with Crippen LogP contribution in [0.3, 0.4) is 0 Å². The lowest BCUT2D eigenvalue weighted by Gasteiger charge is -2.19. The quantitative estimate of drug-likeness (QED) is 0.914. The van der Waals surface area contributed by atoms with Crippen LogP contribution in [0.1, 0.15) is 37.5 Å². The predicted octanol–water partition coefficient (Wildman–Crippen LogP) is 4.21. The number of nitrogens with zero attached hydrogens (tertiary/aromatic N) is 1. The molecule has 0 bridgehead atoms. The summed E-state index contributed by atoms with van der Waals surface area (Å²) in [4.78, 5) is 2.12. The monoisotopic (exact) mass is 297 g/mol. The van der Waals surface area contributed by atoms with Crippen molar-refractivity contribution in [2.45, 2.75) is 39.3 Å². The number of aliphatic hydroxyl groups is 1. The van der Waals surface area contributed by atoms with Crippen LogP contribution in [0.5, 0.6) is 0 Å². The van der Waals surface area contributed by atoms with E-state index in [0.717, 1.165) is 17.7 Å². The van der Waals surface area contributed by atoms with E-state index in [9.17, 15) is 5.11 Å². The average Bonchev–Trinajstić information content (AvgIpc) is 2.46. The Morgan fingerprint density at radius 3 is 1.95 bits per heavy atom. The molecule has 0 unspecified atom stereocenters. The zero-order valence-electron chi connectivity index (χ0n) is 14.4. The molecular weight excluding hydrogens is 270 g/mol. The van der Waals surface area contributed by atoms with E-state index >= 15 is 0 Å². The Morgan fingerprint density at radius 1 is 0.864 bits per heavy atom. The lowest BCUT2D eigenvalue weighted by Crippen LogP contribution is -2.12. The van der Waals surface area contributed by atoms with Gasteiger partial charge in [0.1, 0.15) is 0 Å². The van der Waals surface area contributed by atoms with Gasteiger partial charge in [-0.2, -0.15) is 0 Å². The Balaban J connectivity index is 2.33. The second-order valence-electron chi connectivity index (χ2n) is 7.21. The smallest absolute Gasteiger partial charge is 0.0685 e. The fraction of sp³-hybridized carbons (Fsp3) is 0.400. The summed E-state index contributed by atoms with van der Waals surface area (Å²) in [7, 11) is 4.08. The van der Waals surface area contributed by atoms with Gasteiger partial charge in [0.25, 0.3) is 0 Å². The molecule has 0 fully saturated rings. The summed E-state index contributed by atoms with van der Waals surface area (Å²) in [5.41, 5.74) is 6.05. The molecule has 0 aliphatic carbocycles. The van der Waals surface area contributed by atoms with Gasteiger partial charge in [-0.3, -0.25) is 0 Å². The van der Waals surface area contributed by atoms with Crippen molar-refractivity contribution in [3.05, 3.63) is 59.2 Å². The van der Waals surface area contributed by atoms with E-state index in [1.54, 1.807) is 0 Å². The summed E-state index contributed by atoms with van der Waals surface area (Å²) in [5, 5.41) is 9.63. The number of aliphatic hydroxyl groups excluding tert-OH is 1. The SMILES string of the molecule is CN(C)Cc1ccc(-c2ccc(C(C)(C)C)cc2)cc1CO. The molecule has 2 nitrogen and oxygen atoms in total. The van der Waals surface area contributed by atoms with Crippen LogP contribution >= 0.6 is 0 Å². The van der Waals surface area contributed by atoms with Crippen LogP contribution in [0.4, 0.5) is 0 Å². The fourth-order valence-corrected chi connectivity index (χ4v) is 2.61. The van der Waals surface area contributed by atoms with Crippen LogP contribution in [0, 0.1) is 0 Å². The molecule has 2 rings (SSSR count). The number of hydrogen-bond donors (Lipinski definition) is 1. The van der Waals surface area contributed by atoms with Crippen molar-refractivity contribution in [1.29, 1.82) is 0 Å². The van der Waals surface area contributed by atoms with Gasteiger partial charge in [0.2, 0.25) is 0 Å². The van der Waals surface area contributed by atoms with Crippen molar-refractivity contribution in [2.75, 3.05) is 14.1 Å². The highest BCUT2D eigenvalue weighted by Crippen LogP contribution is 2.27. The van der Waals surface area contributed by atoms with Crippen LogP contribution in [-0.2, 0) is 18.6 Å². The van der Waals surface area contributed by atoms with Gasteiger partial charge >= 0.3 is 0 Å². The van der Waals surface area contributed by atoms with Crippen LogP contribution in [0.25, 0.3) is 11.1 Å². The molecule has 0 amide bonds. The first-order valence-corrected chi connectivity index (χ1v) is 7.79. The maximum atomic E-state index is 9.63. The van der Waals surface area contributed by atoms with Gasteiger partial charge < -0.3 is 10.0 Å². The second-order valence-corrected chi connectivity index (χ2v) is 7.21. The first-order chi connectivity index (χ1) is 10.3. The third kappa shape index (κ3) is 3.96. The van der Waals surface area contributed by atoms with E-state index in [-0.39, 0.29) is 12.0 Å². The highest BCUT2D eigenvalue weighted by atomic mass is 16.3. The van der Waals surface area contributed by atoms with E-state index in [1.807, 2.05) is 14.1 Å². The zero-order chi connectivity index (χ0) is 16.3. The Bertz CT molecular complexity index is 621. The van der Waals surface area contributed by atoms with Crippen molar-refractivity contribution < 1.29 is 5.11 Å². The highest BCUT2D eigenvalue weighted by Gasteiger charge is 2.13. The van der Waals surface area contributed by atoms with Crippen molar-refractivity contribution in [1.82, 2.24) is 4.90 Å². The first-order valence-electron chi connectivity index (χ1n) is 7.79. The molecular formula is C20H27NO. The zero-order valence-corrected chi connectivity index (χ0v) is 14.4. The van der Waals surface area contributed by atoms with Gasteiger partial charge in [0.15, 0.2) is 0 Å². The molecule has 0 aromatic heterocycles. The van der Waals surface area contributed by atoms with E-state index in [2.05, 4.69) is 68.1 Å². The third-order valence-corrected chi connectivity index (χ3v) is 3.95. The molecule has 0 radical (unpaired) electrons. The molecule has 0 heterocycles. The number of rotatable bonds is 4. The maximum absolute atomic E-state index is 9.63. The van der Waals surface area contributed by atoms with Crippen molar-refractivity contribution in [3.63, 3.8) is 0 Å². The maximum Gasteiger partial charge on any atom is 0.0685 e. The lowest BCUT2D eigenvalue weighted by molar-refractivity contribution is 0.278. The number of benzene rings is 2. The lowest BCUT2D eigenvalue weighted by atomic mass is 9.86. The molecule has 0 saturated carbocycles. The van der Waals surface area contributed by atoms with E-state index < -0.39 is 0 Å². The van der Waals surface area contributed by atoms with E-state index in [1.165, 1.54) is 16.7 Å². The summed E-state index contributed by atoms with van der Waals surface area (Å²) in [5.74, 6) is 0. The summed E-state index contributed by atoms with van der Waals surface area (Å²) < 4.78 is 0. The van der Waals surface area contributed by atoms with Gasteiger partial charge in [0, 0.05) is 6.54 Å². The van der Waals surface area contributed by atoms with Crippen LogP contribution in [-0.4, -0.2) is 24.1 Å². The molecule has 0 aliphatic rings. The van der Waals surface area contributed by atoms with Gasteiger partial charge in [0.05, 0.1) is 6.61 Å². The van der Waals surface area contributed by atoms with Crippen molar-refractivity contribution in [3.8, 4) is 11.1 Å². The molecule has 0 saturated heterocycles. The van der Waals surface area contributed by atoms with E-state index in [0.29, 0.717) is 0 Å². The predicted molar refractivity (Wildman–Crippen MR) is 93.9 cm³/mol. The van der Waals surface area contributed by atoms with E-state index in [4.69, 9.17) is 0 Å². The molecule has 1 N–H and O–H groups in total. The normalized spacial score (nSPS) is 12.0. The third-order valence-electron chi connectivity index (χ3n) is 3.95. The standard InChI is InChI=1S/C20H27NO/c1-20(2,3)19-10-8-15(9-11-19)16-6-7-17(13-21(4)5)18(12-16)14-22/h6-12,22H,13-14H2,1-5H3.